The average molecular weight is 313 g/mol. The van der Waals surface area contributed by atoms with Crippen molar-refractivity contribution in [3.63, 3.8) is 0 Å². The third-order valence-electron chi connectivity index (χ3n) is 2.45. The van der Waals surface area contributed by atoms with Gasteiger partial charge in [0.1, 0.15) is 0 Å². The lowest BCUT2D eigenvalue weighted by Gasteiger charge is -2.04. The standard InChI is InChI=1S/C13H13F2N3O2S/c1-7(2)12-17-18-13(20-12)21-6-11(19)16-8-3-4-9(14)10(15)5-8/h3-5,7H,6H2,1-2H3,(H,16,19). The molecule has 21 heavy (non-hydrogen) atoms. The first-order chi connectivity index (χ1) is 9.95. The summed E-state index contributed by atoms with van der Waals surface area (Å²) >= 11 is 1.07. The number of halogens is 2. The van der Waals surface area contributed by atoms with Gasteiger partial charge in [0.05, 0.1) is 5.75 Å². The molecule has 1 N–H and O–H groups in total. The fourth-order valence-corrected chi connectivity index (χ4v) is 1.98. The minimum atomic E-state index is -1.01. The summed E-state index contributed by atoms with van der Waals surface area (Å²) in [5.74, 6) is -1.72. The van der Waals surface area contributed by atoms with Gasteiger partial charge in [-0.25, -0.2) is 8.78 Å². The van der Waals surface area contributed by atoms with Crippen LogP contribution < -0.4 is 5.32 Å². The Labute approximate surface area is 124 Å². The molecule has 0 radical (unpaired) electrons. The van der Waals surface area contributed by atoms with E-state index in [2.05, 4.69) is 15.5 Å². The van der Waals surface area contributed by atoms with Crippen LogP contribution in [0.4, 0.5) is 14.5 Å². The quantitative estimate of drug-likeness (QED) is 0.859. The molecule has 0 aliphatic rings. The lowest BCUT2D eigenvalue weighted by Crippen LogP contribution is -2.14. The van der Waals surface area contributed by atoms with Crippen LogP contribution in [0.3, 0.4) is 0 Å². The van der Waals surface area contributed by atoms with E-state index in [9.17, 15) is 13.6 Å². The normalized spacial score (nSPS) is 10.9. The van der Waals surface area contributed by atoms with Crippen molar-refractivity contribution in [2.75, 3.05) is 11.1 Å². The zero-order valence-corrected chi connectivity index (χ0v) is 12.2. The molecule has 0 fully saturated rings. The maximum Gasteiger partial charge on any atom is 0.277 e. The van der Waals surface area contributed by atoms with E-state index < -0.39 is 11.6 Å². The summed E-state index contributed by atoms with van der Waals surface area (Å²) in [6.45, 7) is 3.83. The molecule has 5 nitrogen and oxygen atoms in total. The van der Waals surface area contributed by atoms with E-state index in [1.165, 1.54) is 6.07 Å². The first kappa shape index (κ1) is 15.4. The van der Waals surface area contributed by atoms with Crippen molar-refractivity contribution in [1.29, 1.82) is 0 Å². The Bertz CT molecular complexity index is 646. The number of carbonyl (C=O) groups is 1. The Morgan fingerprint density at radius 2 is 2.10 bits per heavy atom. The van der Waals surface area contributed by atoms with Crippen molar-refractivity contribution in [1.82, 2.24) is 10.2 Å². The molecule has 0 unspecified atom stereocenters. The number of nitrogens with zero attached hydrogens (tertiary/aromatic N) is 2. The van der Waals surface area contributed by atoms with E-state index in [0.29, 0.717) is 11.1 Å². The Balaban J connectivity index is 1.88. The number of hydrogen-bond acceptors (Lipinski definition) is 5. The summed E-state index contributed by atoms with van der Waals surface area (Å²) in [6, 6.07) is 3.15. The van der Waals surface area contributed by atoms with E-state index in [-0.39, 0.29) is 23.3 Å². The summed E-state index contributed by atoms with van der Waals surface area (Å²) in [5.41, 5.74) is 0.188. The van der Waals surface area contributed by atoms with Gasteiger partial charge >= 0.3 is 0 Å². The van der Waals surface area contributed by atoms with E-state index in [0.717, 1.165) is 23.9 Å². The monoisotopic (exact) mass is 313 g/mol. The van der Waals surface area contributed by atoms with Crippen molar-refractivity contribution >= 4 is 23.4 Å². The SMILES string of the molecule is CC(C)c1nnc(SCC(=O)Nc2ccc(F)c(F)c2)o1. The predicted molar refractivity (Wildman–Crippen MR) is 74.1 cm³/mol. The molecule has 0 saturated carbocycles. The first-order valence-electron chi connectivity index (χ1n) is 6.17. The van der Waals surface area contributed by atoms with Gasteiger partial charge in [0.2, 0.25) is 11.8 Å². The summed E-state index contributed by atoms with van der Waals surface area (Å²) in [5, 5.41) is 10.4. The minimum Gasteiger partial charge on any atom is -0.416 e. The summed E-state index contributed by atoms with van der Waals surface area (Å²) in [7, 11) is 0. The van der Waals surface area contributed by atoms with Crippen molar-refractivity contribution < 1.29 is 18.0 Å². The highest BCUT2D eigenvalue weighted by molar-refractivity contribution is 7.99. The van der Waals surface area contributed by atoms with Crippen LogP contribution in [0.15, 0.2) is 27.8 Å². The molecule has 1 amide bonds. The number of anilines is 1. The fourth-order valence-electron chi connectivity index (χ4n) is 1.41. The lowest BCUT2D eigenvalue weighted by atomic mass is 10.2. The van der Waals surface area contributed by atoms with Gasteiger partial charge in [-0.15, -0.1) is 10.2 Å². The Hall–Kier alpha value is -1.96. The van der Waals surface area contributed by atoms with E-state index >= 15 is 0 Å². The van der Waals surface area contributed by atoms with Gasteiger partial charge < -0.3 is 9.73 Å². The molecular weight excluding hydrogens is 300 g/mol. The van der Waals surface area contributed by atoms with Crippen molar-refractivity contribution in [3.8, 4) is 0 Å². The molecule has 0 spiro atoms. The predicted octanol–water partition coefficient (Wildman–Crippen LogP) is 3.20. The van der Waals surface area contributed by atoms with Crippen LogP contribution in [0, 0.1) is 11.6 Å². The van der Waals surface area contributed by atoms with Crippen LogP contribution in [0.1, 0.15) is 25.7 Å². The van der Waals surface area contributed by atoms with Crippen molar-refractivity contribution in [2.45, 2.75) is 25.0 Å². The van der Waals surface area contributed by atoms with E-state index in [1.807, 2.05) is 13.8 Å². The number of thioether (sulfide) groups is 1. The summed E-state index contributed by atoms with van der Waals surface area (Å²) in [4.78, 5) is 11.7. The van der Waals surface area contributed by atoms with Gasteiger partial charge in [-0.1, -0.05) is 25.6 Å². The van der Waals surface area contributed by atoms with Gasteiger partial charge in [0, 0.05) is 17.7 Å². The van der Waals surface area contributed by atoms with Crippen LogP contribution in [-0.2, 0) is 4.79 Å². The van der Waals surface area contributed by atoms with Crippen molar-refractivity contribution in [2.24, 2.45) is 0 Å². The van der Waals surface area contributed by atoms with Crippen LogP contribution >= 0.6 is 11.8 Å². The number of amides is 1. The van der Waals surface area contributed by atoms with Crippen LogP contribution in [-0.4, -0.2) is 21.9 Å². The molecule has 0 saturated heterocycles. The van der Waals surface area contributed by atoms with Gasteiger partial charge in [-0.05, 0) is 12.1 Å². The number of hydrogen-bond donors (Lipinski definition) is 1. The average Bonchev–Trinajstić information content (AvgIpc) is 2.90. The van der Waals surface area contributed by atoms with E-state index in [1.54, 1.807) is 0 Å². The summed E-state index contributed by atoms with van der Waals surface area (Å²) in [6.07, 6.45) is 0. The third-order valence-corrected chi connectivity index (χ3v) is 3.26. The molecule has 2 rings (SSSR count). The van der Waals surface area contributed by atoms with Gasteiger partial charge in [0.15, 0.2) is 11.6 Å². The highest BCUT2D eigenvalue weighted by atomic mass is 32.2. The molecule has 8 heteroatoms. The van der Waals surface area contributed by atoms with Crippen LogP contribution in [0.2, 0.25) is 0 Å². The molecule has 1 aromatic carbocycles. The zero-order chi connectivity index (χ0) is 15.4. The summed E-state index contributed by atoms with van der Waals surface area (Å²) < 4.78 is 31.1. The topological polar surface area (TPSA) is 68.0 Å². The van der Waals surface area contributed by atoms with Gasteiger partial charge in [-0.3, -0.25) is 4.79 Å². The number of aromatic nitrogens is 2. The molecule has 2 aromatic rings. The highest BCUT2D eigenvalue weighted by Crippen LogP contribution is 2.20. The molecule has 1 aromatic heterocycles. The minimum absolute atomic E-state index is 0.0265. The van der Waals surface area contributed by atoms with E-state index in [4.69, 9.17) is 4.42 Å². The smallest absolute Gasteiger partial charge is 0.277 e. The Morgan fingerprint density at radius 1 is 1.33 bits per heavy atom. The van der Waals surface area contributed by atoms with Crippen LogP contribution in [0.5, 0.6) is 0 Å². The second-order valence-electron chi connectivity index (χ2n) is 4.53. The molecule has 0 aliphatic carbocycles. The second-order valence-corrected chi connectivity index (χ2v) is 5.45. The molecule has 1 heterocycles. The third kappa shape index (κ3) is 4.25. The zero-order valence-electron chi connectivity index (χ0n) is 11.4. The molecular formula is C13H13F2N3O2S. The number of rotatable bonds is 5. The largest absolute Gasteiger partial charge is 0.416 e. The first-order valence-corrected chi connectivity index (χ1v) is 7.15. The lowest BCUT2D eigenvalue weighted by molar-refractivity contribution is -0.113. The Morgan fingerprint density at radius 3 is 2.71 bits per heavy atom. The maximum absolute atomic E-state index is 13.0. The number of nitrogens with one attached hydrogen (secondary N) is 1. The maximum atomic E-state index is 13.0. The van der Waals surface area contributed by atoms with Crippen LogP contribution in [0.25, 0.3) is 0 Å². The molecule has 0 bridgehead atoms. The van der Waals surface area contributed by atoms with Crippen molar-refractivity contribution in [3.05, 3.63) is 35.7 Å². The molecule has 0 aliphatic heterocycles. The molecule has 0 atom stereocenters. The highest BCUT2D eigenvalue weighted by Gasteiger charge is 2.12. The fraction of sp³-hybridized carbons (Fsp3) is 0.308. The number of benzene rings is 1. The van der Waals surface area contributed by atoms with Gasteiger partial charge in [0.25, 0.3) is 5.22 Å². The second kappa shape index (κ2) is 6.66. The molecule has 112 valence electrons. The number of carbonyl (C=O) groups excluding carboxylic acids is 1. The Kier molecular flexibility index (Phi) is 4.89. The van der Waals surface area contributed by atoms with Gasteiger partial charge in [-0.2, -0.15) is 0 Å².